The molecule has 0 saturated carbocycles. The highest BCUT2D eigenvalue weighted by molar-refractivity contribution is 6.25. The summed E-state index contributed by atoms with van der Waals surface area (Å²) in [7, 11) is 0. The third-order valence-electron chi connectivity index (χ3n) is 4.55. The summed E-state index contributed by atoms with van der Waals surface area (Å²) < 4.78 is 0. The predicted molar refractivity (Wildman–Crippen MR) is 92.1 cm³/mol. The fraction of sp³-hybridized carbons (Fsp3) is 0.100. The predicted octanol–water partition coefficient (Wildman–Crippen LogP) is 3.29. The lowest BCUT2D eigenvalue weighted by Crippen LogP contribution is -2.43. The summed E-state index contributed by atoms with van der Waals surface area (Å²) in [5.41, 5.74) is -0.632. The second-order valence-electron chi connectivity index (χ2n) is 5.92. The molecule has 1 unspecified atom stereocenters. The van der Waals surface area contributed by atoms with Crippen molar-refractivity contribution >= 4 is 33.8 Å². The minimum Gasteiger partial charge on any atom is -0.369 e. The Morgan fingerprint density at radius 3 is 2.33 bits per heavy atom. The number of aliphatic hydroxyl groups is 1. The van der Waals surface area contributed by atoms with Crippen molar-refractivity contribution in [2.75, 3.05) is 4.90 Å². The van der Waals surface area contributed by atoms with Crippen molar-refractivity contribution in [2.24, 2.45) is 0 Å². The fourth-order valence-electron chi connectivity index (χ4n) is 3.36. The Morgan fingerprint density at radius 2 is 1.62 bits per heavy atom. The van der Waals surface area contributed by atoms with E-state index in [2.05, 4.69) is 0 Å². The summed E-state index contributed by atoms with van der Waals surface area (Å²) in [5, 5.41) is 12.7. The zero-order chi connectivity index (χ0) is 16.9. The number of fused-ring (bicyclic) bond motifs is 3. The molecule has 4 rings (SSSR count). The van der Waals surface area contributed by atoms with Gasteiger partial charge in [0.2, 0.25) is 5.60 Å². The Labute approximate surface area is 139 Å². The van der Waals surface area contributed by atoms with Crippen LogP contribution in [-0.2, 0) is 15.2 Å². The van der Waals surface area contributed by atoms with Crippen LogP contribution in [-0.4, -0.2) is 16.8 Å². The molecule has 0 spiro atoms. The highest BCUT2D eigenvalue weighted by Gasteiger charge is 2.54. The lowest BCUT2D eigenvalue weighted by atomic mass is 9.87. The van der Waals surface area contributed by atoms with Crippen molar-refractivity contribution in [3.63, 3.8) is 0 Å². The van der Waals surface area contributed by atoms with Crippen molar-refractivity contribution < 1.29 is 14.7 Å². The van der Waals surface area contributed by atoms with E-state index in [1.165, 1.54) is 11.8 Å². The number of amides is 1. The number of Topliss-reactive ketones (excluding diaryl/α,β-unsaturated/α-hetero) is 1. The van der Waals surface area contributed by atoms with Gasteiger partial charge in [0.15, 0.2) is 5.78 Å². The molecular formula is C20H15NO3. The van der Waals surface area contributed by atoms with Gasteiger partial charge in [0.05, 0.1) is 5.69 Å². The van der Waals surface area contributed by atoms with Crippen LogP contribution < -0.4 is 4.90 Å². The van der Waals surface area contributed by atoms with Gasteiger partial charge in [0.1, 0.15) is 0 Å². The maximum absolute atomic E-state index is 13.0. The highest BCUT2D eigenvalue weighted by atomic mass is 16.3. The smallest absolute Gasteiger partial charge is 0.276 e. The number of hydrogen-bond acceptors (Lipinski definition) is 3. The summed E-state index contributed by atoms with van der Waals surface area (Å²) in [5.74, 6) is -1.21. The van der Waals surface area contributed by atoms with Crippen molar-refractivity contribution in [3.05, 3.63) is 72.3 Å². The lowest BCUT2D eigenvalue weighted by molar-refractivity contribution is -0.148. The molecule has 0 saturated heterocycles. The molecular weight excluding hydrogens is 302 g/mol. The van der Waals surface area contributed by atoms with Gasteiger partial charge in [-0.15, -0.1) is 0 Å². The van der Waals surface area contributed by atoms with Gasteiger partial charge in [-0.05, 0) is 35.9 Å². The number of benzene rings is 3. The minimum atomic E-state index is -2.16. The van der Waals surface area contributed by atoms with E-state index in [0.29, 0.717) is 22.3 Å². The van der Waals surface area contributed by atoms with Crippen LogP contribution in [0.2, 0.25) is 0 Å². The zero-order valence-corrected chi connectivity index (χ0v) is 13.1. The monoisotopic (exact) mass is 317 g/mol. The molecule has 4 nitrogen and oxygen atoms in total. The average molecular weight is 317 g/mol. The third kappa shape index (κ3) is 1.77. The van der Waals surface area contributed by atoms with E-state index >= 15 is 0 Å². The Hall–Kier alpha value is -2.98. The molecule has 1 aliphatic rings. The SMILES string of the molecule is CC(=O)C1(O)C(=O)N(c2ccccc2)c2ccc3ccccc3c21. The van der Waals surface area contributed by atoms with Crippen LogP contribution in [0.25, 0.3) is 10.8 Å². The minimum absolute atomic E-state index is 0.363. The number of carbonyl (C=O) groups excluding carboxylic acids is 2. The molecule has 24 heavy (non-hydrogen) atoms. The van der Waals surface area contributed by atoms with Gasteiger partial charge in [0.25, 0.3) is 5.91 Å². The van der Waals surface area contributed by atoms with Crippen LogP contribution in [0.4, 0.5) is 11.4 Å². The lowest BCUT2D eigenvalue weighted by Gasteiger charge is -2.21. The Kier molecular flexibility index (Phi) is 3.05. The van der Waals surface area contributed by atoms with Gasteiger partial charge < -0.3 is 5.11 Å². The largest absolute Gasteiger partial charge is 0.369 e. The summed E-state index contributed by atoms with van der Waals surface area (Å²) in [6, 6.07) is 20.1. The van der Waals surface area contributed by atoms with Crippen molar-refractivity contribution in [2.45, 2.75) is 12.5 Å². The molecule has 3 aromatic carbocycles. The maximum atomic E-state index is 13.0. The van der Waals surface area contributed by atoms with Gasteiger partial charge in [0, 0.05) is 11.3 Å². The maximum Gasteiger partial charge on any atom is 0.276 e. The van der Waals surface area contributed by atoms with Crippen LogP contribution in [0.1, 0.15) is 12.5 Å². The number of carbonyl (C=O) groups is 2. The molecule has 1 N–H and O–H groups in total. The van der Waals surface area contributed by atoms with E-state index in [4.69, 9.17) is 0 Å². The van der Waals surface area contributed by atoms with Gasteiger partial charge in [-0.25, -0.2) is 0 Å². The Morgan fingerprint density at radius 1 is 0.958 bits per heavy atom. The standard InChI is InChI=1S/C20H15NO3/c1-13(22)20(24)18-16-10-6-5-7-14(16)11-12-17(18)21(19(20)23)15-8-3-2-4-9-15/h2-12,24H,1H3. The number of para-hydroxylation sites is 1. The van der Waals surface area contributed by atoms with Crippen LogP contribution in [0, 0.1) is 0 Å². The first-order chi connectivity index (χ1) is 11.5. The summed E-state index contributed by atoms with van der Waals surface area (Å²) >= 11 is 0. The second-order valence-corrected chi connectivity index (χ2v) is 5.92. The molecule has 3 aromatic rings. The normalized spacial score (nSPS) is 19.6. The van der Waals surface area contributed by atoms with E-state index in [0.717, 1.165) is 5.39 Å². The summed E-state index contributed by atoms with van der Waals surface area (Å²) in [6.07, 6.45) is 0. The molecule has 1 atom stereocenters. The number of ketones is 1. The van der Waals surface area contributed by atoms with Crippen LogP contribution in [0.3, 0.4) is 0 Å². The van der Waals surface area contributed by atoms with Crippen LogP contribution >= 0.6 is 0 Å². The molecule has 0 bridgehead atoms. The van der Waals surface area contributed by atoms with Crippen LogP contribution in [0.5, 0.6) is 0 Å². The summed E-state index contributed by atoms with van der Waals surface area (Å²) in [6.45, 7) is 1.25. The van der Waals surface area contributed by atoms with Crippen molar-refractivity contribution in [1.82, 2.24) is 0 Å². The molecule has 1 amide bonds. The molecule has 118 valence electrons. The first-order valence-electron chi connectivity index (χ1n) is 7.70. The van der Waals surface area contributed by atoms with Crippen LogP contribution in [0.15, 0.2) is 66.7 Å². The molecule has 1 aliphatic heterocycles. The van der Waals surface area contributed by atoms with E-state index in [-0.39, 0.29) is 0 Å². The van der Waals surface area contributed by atoms with E-state index < -0.39 is 17.3 Å². The van der Waals surface area contributed by atoms with Gasteiger partial charge in [-0.3, -0.25) is 14.5 Å². The Bertz CT molecular complexity index is 981. The average Bonchev–Trinajstić information content (AvgIpc) is 2.85. The molecule has 0 aromatic heterocycles. The van der Waals surface area contributed by atoms with Gasteiger partial charge in [-0.1, -0.05) is 48.5 Å². The second kappa shape index (κ2) is 5.01. The third-order valence-corrected chi connectivity index (χ3v) is 4.55. The van der Waals surface area contributed by atoms with E-state index in [1.54, 1.807) is 18.2 Å². The Balaban J connectivity index is 2.10. The first-order valence-corrected chi connectivity index (χ1v) is 7.70. The topological polar surface area (TPSA) is 57.6 Å². The van der Waals surface area contributed by atoms with E-state index in [1.807, 2.05) is 48.5 Å². The highest BCUT2D eigenvalue weighted by Crippen LogP contribution is 2.47. The summed E-state index contributed by atoms with van der Waals surface area (Å²) in [4.78, 5) is 26.7. The molecule has 1 heterocycles. The van der Waals surface area contributed by atoms with Crippen molar-refractivity contribution in [3.8, 4) is 0 Å². The number of anilines is 2. The van der Waals surface area contributed by atoms with Gasteiger partial charge in [-0.2, -0.15) is 0 Å². The molecule has 0 aliphatic carbocycles. The molecule has 0 fully saturated rings. The number of rotatable bonds is 2. The number of nitrogens with zero attached hydrogens (tertiary/aromatic N) is 1. The quantitative estimate of drug-likeness (QED) is 0.738. The van der Waals surface area contributed by atoms with E-state index in [9.17, 15) is 14.7 Å². The van der Waals surface area contributed by atoms with Gasteiger partial charge >= 0.3 is 0 Å². The number of hydrogen-bond donors (Lipinski definition) is 1. The fourth-order valence-corrected chi connectivity index (χ4v) is 3.36. The van der Waals surface area contributed by atoms with Crippen molar-refractivity contribution in [1.29, 1.82) is 0 Å². The first kappa shape index (κ1) is 14.6. The zero-order valence-electron chi connectivity index (χ0n) is 13.1. The molecule has 4 heteroatoms. The molecule has 0 radical (unpaired) electrons.